The second-order valence-electron chi connectivity index (χ2n) is 8.94. The van der Waals surface area contributed by atoms with Gasteiger partial charge in [0.1, 0.15) is 19.0 Å². The minimum absolute atomic E-state index is 0.160. The lowest BCUT2D eigenvalue weighted by atomic mass is 10.2. The van der Waals surface area contributed by atoms with Gasteiger partial charge in [-0.15, -0.1) is 0 Å². The number of rotatable bonds is 11. The summed E-state index contributed by atoms with van der Waals surface area (Å²) in [5.74, 6) is 0.514. The second kappa shape index (κ2) is 17.3. The number of nitrogens with two attached hydrogens (primary N) is 1. The van der Waals surface area contributed by atoms with Crippen molar-refractivity contribution in [2.45, 2.75) is 20.1 Å². The average molecular weight is 824 g/mol. The van der Waals surface area contributed by atoms with Crippen LogP contribution < -0.4 is 24.7 Å². The molecule has 0 spiro atoms. The van der Waals surface area contributed by atoms with Crippen LogP contribution in [0.3, 0.4) is 0 Å². The second-order valence-corrected chi connectivity index (χ2v) is 11.3. The molecule has 3 N–H and O–H groups in total. The largest absolute Gasteiger partial charge is 0.493 e. The Balaban J connectivity index is 0.000000244. The van der Waals surface area contributed by atoms with Gasteiger partial charge in [0.15, 0.2) is 23.0 Å². The molecule has 0 bridgehead atoms. The first-order chi connectivity index (χ1) is 21.1. The fraction of sp³-hybridized carbons (Fsp3) is 0.156. The maximum absolute atomic E-state index is 12.0. The van der Waals surface area contributed by atoms with Crippen LogP contribution in [0, 0.1) is 7.14 Å². The standard InChI is InChI=1S/C17H17IN2O4.C15H13IO4/c1-11(19)20-24-17(21)13-8-14(18)16(15(9-13)22-2)23-10-12-6-4-3-5-7-12;1-19-13-7-11(15(17)18)12(16)8-14(13)20-9-10-5-3-2-4-6-10/h3-9H,10H2,1-2H3,(H2,19,20);2-8H,9H2,1H3,(H,17,18). The van der Waals surface area contributed by atoms with E-state index in [0.29, 0.717) is 45.3 Å². The van der Waals surface area contributed by atoms with Crippen molar-refractivity contribution in [2.24, 2.45) is 10.9 Å². The minimum atomic E-state index is -0.984. The number of carbonyl (C=O) groups excluding carboxylic acids is 1. The average Bonchev–Trinajstić information content (AvgIpc) is 3.02. The van der Waals surface area contributed by atoms with Crippen LogP contribution in [0.4, 0.5) is 0 Å². The Hall–Kier alpha value is -4.05. The lowest BCUT2D eigenvalue weighted by Crippen LogP contribution is -2.10. The number of halogens is 2. The summed E-state index contributed by atoms with van der Waals surface area (Å²) in [5.41, 5.74) is 7.92. The maximum Gasteiger partial charge on any atom is 0.365 e. The first-order valence-electron chi connectivity index (χ1n) is 13.0. The number of amidine groups is 1. The number of carboxylic acids is 1. The van der Waals surface area contributed by atoms with Gasteiger partial charge in [-0.1, -0.05) is 65.8 Å². The van der Waals surface area contributed by atoms with E-state index >= 15 is 0 Å². The van der Waals surface area contributed by atoms with Gasteiger partial charge in [-0.05, 0) is 87.5 Å². The number of methoxy groups -OCH3 is 2. The molecule has 4 aromatic carbocycles. The van der Waals surface area contributed by atoms with Gasteiger partial charge in [-0.25, -0.2) is 9.59 Å². The Kier molecular flexibility index (Phi) is 13.5. The van der Waals surface area contributed by atoms with Crippen molar-refractivity contribution in [3.63, 3.8) is 0 Å². The van der Waals surface area contributed by atoms with E-state index in [1.807, 2.05) is 83.3 Å². The summed E-state index contributed by atoms with van der Waals surface area (Å²) in [6, 6.07) is 25.9. The van der Waals surface area contributed by atoms with Crippen LogP contribution in [0.1, 0.15) is 38.8 Å². The van der Waals surface area contributed by atoms with Crippen molar-refractivity contribution in [3.05, 3.63) is 114 Å². The van der Waals surface area contributed by atoms with Gasteiger partial charge in [0.25, 0.3) is 0 Å². The molecule has 12 heteroatoms. The molecule has 0 saturated carbocycles. The first-order valence-corrected chi connectivity index (χ1v) is 15.1. The molecule has 0 aromatic heterocycles. The third kappa shape index (κ3) is 10.3. The highest BCUT2D eigenvalue weighted by molar-refractivity contribution is 14.1. The predicted octanol–water partition coefficient (Wildman–Crippen LogP) is 6.90. The Bertz CT molecular complexity index is 1600. The van der Waals surface area contributed by atoms with E-state index in [4.69, 9.17) is 34.6 Å². The molecule has 0 aliphatic heterocycles. The summed E-state index contributed by atoms with van der Waals surface area (Å²) in [6.07, 6.45) is 0. The molecule has 10 nitrogen and oxygen atoms in total. The molecular weight excluding hydrogens is 794 g/mol. The van der Waals surface area contributed by atoms with E-state index in [0.717, 1.165) is 14.7 Å². The Morgan fingerprint density at radius 1 is 0.773 bits per heavy atom. The molecule has 4 aromatic rings. The summed E-state index contributed by atoms with van der Waals surface area (Å²) < 4.78 is 23.4. The van der Waals surface area contributed by atoms with Crippen molar-refractivity contribution in [1.29, 1.82) is 0 Å². The number of oxime groups is 1. The smallest absolute Gasteiger partial charge is 0.365 e. The summed E-state index contributed by atoms with van der Waals surface area (Å²) >= 11 is 4.05. The third-order valence-electron chi connectivity index (χ3n) is 5.68. The predicted molar refractivity (Wildman–Crippen MR) is 183 cm³/mol. The number of ether oxygens (including phenoxy) is 4. The summed E-state index contributed by atoms with van der Waals surface area (Å²) in [5, 5.41) is 12.5. The molecule has 0 atom stereocenters. The lowest BCUT2D eigenvalue weighted by Gasteiger charge is -2.14. The van der Waals surface area contributed by atoms with E-state index in [2.05, 4.69) is 27.7 Å². The van der Waals surface area contributed by atoms with Crippen LogP contribution in [0.5, 0.6) is 23.0 Å². The molecule has 44 heavy (non-hydrogen) atoms. The molecule has 0 heterocycles. The molecule has 0 fully saturated rings. The van der Waals surface area contributed by atoms with E-state index in [1.165, 1.54) is 27.2 Å². The molecule has 4 rings (SSSR count). The Morgan fingerprint density at radius 2 is 1.34 bits per heavy atom. The zero-order valence-electron chi connectivity index (χ0n) is 24.1. The summed E-state index contributed by atoms with van der Waals surface area (Å²) in [7, 11) is 3.00. The van der Waals surface area contributed by atoms with Gasteiger partial charge in [-0.2, -0.15) is 0 Å². The SMILES string of the molecule is COc1cc(C(=O)O)c(I)cc1OCc1ccccc1.COc1cc(C(=O)ON=C(C)N)cc(I)c1OCc1ccccc1. The van der Waals surface area contributed by atoms with Crippen LogP contribution in [0.2, 0.25) is 0 Å². The monoisotopic (exact) mass is 824 g/mol. The minimum Gasteiger partial charge on any atom is -0.493 e. The molecule has 0 radical (unpaired) electrons. The maximum atomic E-state index is 12.0. The summed E-state index contributed by atoms with van der Waals surface area (Å²) in [4.78, 5) is 27.8. The van der Waals surface area contributed by atoms with E-state index in [-0.39, 0.29) is 11.4 Å². The topological polar surface area (TPSA) is 139 Å². The third-order valence-corrected chi connectivity index (χ3v) is 7.38. The number of benzene rings is 4. The number of hydrogen-bond donors (Lipinski definition) is 2. The van der Waals surface area contributed by atoms with E-state index in [9.17, 15) is 9.59 Å². The van der Waals surface area contributed by atoms with Gasteiger partial charge in [-0.3, -0.25) is 0 Å². The van der Waals surface area contributed by atoms with E-state index < -0.39 is 11.9 Å². The zero-order valence-corrected chi connectivity index (χ0v) is 28.4. The van der Waals surface area contributed by atoms with Gasteiger partial charge in [0.05, 0.1) is 28.9 Å². The highest BCUT2D eigenvalue weighted by Crippen LogP contribution is 2.35. The fourth-order valence-electron chi connectivity index (χ4n) is 3.58. The van der Waals surface area contributed by atoms with Gasteiger partial charge in [0.2, 0.25) is 0 Å². The Morgan fingerprint density at radius 3 is 1.86 bits per heavy atom. The van der Waals surface area contributed by atoms with Crippen LogP contribution in [0.25, 0.3) is 0 Å². The quantitative estimate of drug-likeness (QED) is 0.0544. The highest BCUT2D eigenvalue weighted by Gasteiger charge is 2.17. The summed E-state index contributed by atoms with van der Waals surface area (Å²) in [6.45, 7) is 2.32. The fourth-order valence-corrected chi connectivity index (χ4v) is 5.01. The first kappa shape index (κ1) is 34.4. The van der Waals surface area contributed by atoms with Crippen LogP contribution >= 0.6 is 45.2 Å². The number of aromatic carboxylic acids is 1. The number of hydrogen-bond acceptors (Lipinski definition) is 8. The zero-order chi connectivity index (χ0) is 32.1. The lowest BCUT2D eigenvalue weighted by molar-refractivity contribution is 0.0514. The van der Waals surface area contributed by atoms with Crippen LogP contribution in [-0.2, 0) is 18.1 Å². The number of nitrogens with zero attached hydrogens (tertiary/aromatic N) is 1. The van der Waals surface area contributed by atoms with Crippen molar-refractivity contribution in [2.75, 3.05) is 14.2 Å². The Labute approximate surface area is 282 Å². The van der Waals surface area contributed by atoms with Crippen LogP contribution in [0.15, 0.2) is 90.1 Å². The van der Waals surface area contributed by atoms with Gasteiger partial charge in [0, 0.05) is 3.57 Å². The van der Waals surface area contributed by atoms with Crippen LogP contribution in [-0.4, -0.2) is 37.1 Å². The molecule has 230 valence electrons. The molecule has 0 saturated heterocycles. The molecule has 0 amide bonds. The molecule has 0 aliphatic rings. The molecule has 0 aliphatic carbocycles. The van der Waals surface area contributed by atoms with Gasteiger partial charge >= 0.3 is 11.9 Å². The highest BCUT2D eigenvalue weighted by atomic mass is 127. The van der Waals surface area contributed by atoms with E-state index in [1.54, 1.807) is 18.2 Å². The van der Waals surface area contributed by atoms with Crippen molar-refractivity contribution in [1.82, 2.24) is 0 Å². The molecule has 0 unspecified atom stereocenters. The number of carbonyl (C=O) groups is 2. The normalized spacial score (nSPS) is 10.6. The van der Waals surface area contributed by atoms with Crippen molar-refractivity contribution < 1.29 is 38.5 Å². The van der Waals surface area contributed by atoms with Gasteiger partial charge < -0.3 is 34.6 Å². The number of carboxylic acid groups (broad SMARTS) is 1. The van der Waals surface area contributed by atoms with Crippen molar-refractivity contribution >= 4 is 63.0 Å². The van der Waals surface area contributed by atoms with Crippen molar-refractivity contribution in [3.8, 4) is 23.0 Å². The molecular formula is C32H30I2N2O8.